The van der Waals surface area contributed by atoms with E-state index >= 15 is 0 Å². The van der Waals surface area contributed by atoms with Gasteiger partial charge in [-0.15, -0.1) is 0 Å². The highest BCUT2D eigenvalue weighted by Crippen LogP contribution is 2.26. The standard InChI is InChI=1S/C22H34N2O4Si/c1-25-20-7-5-19(6-8-20)17-28-21-15-22(23-9-11-26-12-10-23)24(16-21)18-27-13-14-29(2,3)4/h5-8,15-16H,9-14,17-18H2,1-4H3. The van der Waals surface area contributed by atoms with E-state index in [0.717, 1.165) is 55.8 Å². The normalized spacial score (nSPS) is 14.8. The molecule has 0 N–H and O–H groups in total. The van der Waals surface area contributed by atoms with E-state index in [9.17, 15) is 0 Å². The van der Waals surface area contributed by atoms with Crippen LogP contribution in [0.1, 0.15) is 5.56 Å². The molecule has 1 fully saturated rings. The van der Waals surface area contributed by atoms with Gasteiger partial charge in [0, 0.05) is 33.8 Å². The Balaban J connectivity index is 1.64. The van der Waals surface area contributed by atoms with Gasteiger partial charge in [0.2, 0.25) is 0 Å². The number of hydrogen-bond acceptors (Lipinski definition) is 5. The molecule has 0 amide bonds. The molecule has 2 heterocycles. The van der Waals surface area contributed by atoms with Crippen LogP contribution in [0.4, 0.5) is 5.82 Å². The number of rotatable bonds is 10. The Kier molecular flexibility index (Phi) is 7.63. The van der Waals surface area contributed by atoms with Gasteiger partial charge in [0.15, 0.2) is 0 Å². The zero-order valence-electron chi connectivity index (χ0n) is 18.1. The average molecular weight is 419 g/mol. The molecule has 0 bridgehead atoms. The maximum Gasteiger partial charge on any atom is 0.139 e. The zero-order valence-corrected chi connectivity index (χ0v) is 19.1. The van der Waals surface area contributed by atoms with E-state index in [2.05, 4.69) is 35.2 Å². The number of ether oxygens (including phenoxy) is 4. The first-order valence-electron chi connectivity index (χ1n) is 10.3. The lowest BCUT2D eigenvalue weighted by molar-refractivity contribution is 0.0858. The molecule has 160 valence electrons. The van der Waals surface area contributed by atoms with E-state index in [1.54, 1.807) is 7.11 Å². The number of methoxy groups -OCH3 is 1. The Morgan fingerprint density at radius 1 is 1.03 bits per heavy atom. The highest BCUT2D eigenvalue weighted by atomic mass is 28.3. The molecular formula is C22H34N2O4Si. The van der Waals surface area contributed by atoms with Crippen LogP contribution >= 0.6 is 0 Å². The van der Waals surface area contributed by atoms with E-state index in [1.807, 2.05) is 30.5 Å². The van der Waals surface area contributed by atoms with Crippen molar-refractivity contribution in [1.29, 1.82) is 0 Å². The topological polar surface area (TPSA) is 45.1 Å². The van der Waals surface area contributed by atoms with Crippen molar-refractivity contribution >= 4 is 13.9 Å². The van der Waals surface area contributed by atoms with Crippen LogP contribution < -0.4 is 14.4 Å². The van der Waals surface area contributed by atoms with E-state index in [0.29, 0.717) is 13.3 Å². The van der Waals surface area contributed by atoms with Gasteiger partial charge in [0.25, 0.3) is 0 Å². The smallest absolute Gasteiger partial charge is 0.139 e. The van der Waals surface area contributed by atoms with Crippen molar-refractivity contribution in [2.45, 2.75) is 39.0 Å². The summed E-state index contributed by atoms with van der Waals surface area (Å²) in [4.78, 5) is 2.34. The number of aromatic nitrogens is 1. The second kappa shape index (κ2) is 10.2. The zero-order chi connectivity index (χ0) is 20.7. The van der Waals surface area contributed by atoms with Gasteiger partial charge in [-0.25, -0.2) is 0 Å². The lowest BCUT2D eigenvalue weighted by atomic mass is 10.2. The first-order chi connectivity index (χ1) is 13.9. The van der Waals surface area contributed by atoms with E-state index in [4.69, 9.17) is 18.9 Å². The van der Waals surface area contributed by atoms with Gasteiger partial charge in [0.05, 0.1) is 26.5 Å². The maximum absolute atomic E-state index is 6.07. The van der Waals surface area contributed by atoms with Crippen LogP contribution in [0.3, 0.4) is 0 Å². The van der Waals surface area contributed by atoms with Crippen molar-refractivity contribution in [3.8, 4) is 11.5 Å². The lowest BCUT2D eigenvalue weighted by Crippen LogP contribution is -2.37. The van der Waals surface area contributed by atoms with Gasteiger partial charge in [0.1, 0.15) is 30.7 Å². The Hall–Kier alpha value is -1.96. The van der Waals surface area contributed by atoms with Crippen LogP contribution in [-0.2, 0) is 22.8 Å². The maximum atomic E-state index is 6.07. The number of hydrogen-bond donors (Lipinski definition) is 0. The van der Waals surface area contributed by atoms with Gasteiger partial charge in [-0.05, 0) is 23.7 Å². The van der Waals surface area contributed by atoms with Crippen LogP contribution in [0.15, 0.2) is 36.5 Å². The molecule has 0 atom stereocenters. The van der Waals surface area contributed by atoms with Gasteiger partial charge >= 0.3 is 0 Å². The SMILES string of the molecule is COc1ccc(COc2cc(N3CCOCC3)n(COCC[Si](C)(C)C)c2)cc1. The summed E-state index contributed by atoms with van der Waals surface area (Å²) in [6.45, 7) is 12.3. The van der Waals surface area contributed by atoms with Gasteiger partial charge < -0.3 is 28.4 Å². The third-order valence-corrected chi connectivity index (χ3v) is 6.68. The van der Waals surface area contributed by atoms with Crippen LogP contribution in [0.5, 0.6) is 11.5 Å². The van der Waals surface area contributed by atoms with Crippen LogP contribution in [-0.4, -0.2) is 52.7 Å². The van der Waals surface area contributed by atoms with Crippen LogP contribution in [0.2, 0.25) is 25.7 Å². The molecule has 1 saturated heterocycles. The van der Waals surface area contributed by atoms with E-state index in [1.165, 1.54) is 6.04 Å². The Labute approximate surface area is 175 Å². The summed E-state index contributed by atoms with van der Waals surface area (Å²) in [5.74, 6) is 2.84. The van der Waals surface area contributed by atoms with Crippen molar-refractivity contribution < 1.29 is 18.9 Å². The second-order valence-corrected chi connectivity index (χ2v) is 14.2. The molecule has 0 aliphatic carbocycles. The summed E-state index contributed by atoms with van der Waals surface area (Å²) in [6.07, 6.45) is 2.04. The predicted octanol–water partition coefficient (Wildman–Crippen LogP) is 4.22. The molecule has 1 aliphatic heterocycles. The highest BCUT2D eigenvalue weighted by molar-refractivity contribution is 6.76. The summed E-state index contributed by atoms with van der Waals surface area (Å²) < 4.78 is 24.9. The molecule has 29 heavy (non-hydrogen) atoms. The van der Waals surface area contributed by atoms with Gasteiger partial charge in [-0.1, -0.05) is 31.8 Å². The third-order valence-electron chi connectivity index (χ3n) is 4.98. The molecule has 6 nitrogen and oxygen atoms in total. The summed E-state index contributed by atoms with van der Waals surface area (Å²) in [5, 5.41) is 0. The molecule has 3 rings (SSSR count). The first kappa shape index (κ1) is 21.7. The Morgan fingerprint density at radius 3 is 2.41 bits per heavy atom. The molecule has 0 saturated carbocycles. The van der Waals surface area contributed by atoms with Gasteiger partial charge in [-0.2, -0.15) is 0 Å². The molecule has 1 aromatic heterocycles. The molecule has 0 radical (unpaired) electrons. The molecule has 1 aromatic carbocycles. The Morgan fingerprint density at radius 2 is 1.76 bits per heavy atom. The second-order valence-electron chi connectivity index (χ2n) is 8.59. The highest BCUT2D eigenvalue weighted by Gasteiger charge is 2.18. The van der Waals surface area contributed by atoms with Crippen LogP contribution in [0, 0.1) is 0 Å². The van der Waals surface area contributed by atoms with Crippen molar-refractivity contribution in [2.75, 3.05) is 44.9 Å². The largest absolute Gasteiger partial charge is 0.497 e. The van der Waals surface area contributed by atoms with E-state index in [-0.39, 0.29) is 0 Å². The van der Waals surface area contributed by atoms with E-state index < -0.39 is 8.07 Å². The minimum Gasteiger partial charge on any atom is -0.497 e. The minimum absolute atomic E-state index is 0.521. The molecule has 1 aliphatic rings. The van der Waals surface area contributed by atoms with Crippen molar-refractivity contribution in [2.24, 2.45) is 0 Å². The molecule has 7 heteroatoms. The number of benzene rings is 1. The molecule has 0 unspecified atom stereocenters. The summed E-state index contributed by atoms with van der Waals surface area (Å²) in [5.41, 5.74) is 1.11. The predicted molar refractivity (Wildman–Crippen MR) is 119 cm³/mol. The number of nitrogens with zero attached hydrogens (tertiary/aromatic N) is 2. The summed E-state index contributed by atoms with van der Waals surface area (Å²) in [6, 6.07) is 11.2. The quantitative estimate of drug-likeness (QED) is 0.427. The molecule has 0 spiro atoms. The summed E-state index contributed by atoms with van der Waals surface area (Å²) in [7, 11) is 0.586. The summed E-state index contributed by atoms with van der Waals surface area (Å²) >= 11 is 0. The fourth-order valence-electron chi connectivity index (χ4n) is 3.14. The fourth-order valence-corrected chi connectivity index (χ4v) is 3.90. The van der Waals surface area contributed by atoms with Crippen molar-refractivity contribution in [3.63, 3.8) is 0 Å². The number of morpholine rings is 1. The molecular weight excluding hydrogens is 384 g/mol. The lowest BCUT2D eigenvalue weighted by Gasteiger charge is -2.29. The van der Waals surface area contributed by atoms with Crippen molar-refractivity contribution in [3.05, 3.63) is 42.1 Å². The van der Waals surface area contributed by atoms with Gasteiger partial charge in [-0.3, -0.25) is 0 Å². The number of anilines is 1. The molecule has 2 aromatic rings. The third kappa shape index (κ3) is 6.80. The fraction of sp³-hybridized carbons (Fsp3) is 0.545. The first-order valence-corrected chi connectivity index (χ1v) is 14.0. The van der Waals surface area contributed by atoms with Crippen LogP contribution in [0.25, 0.3) is 0 Å². The monoisotopic (exact) mass is 418 g/mol. The van der Waals surface area contributed by atoms with Crippen molar-refractivity contribution in [1.82, 2.24) is 4.57 Å². The minimum atomic E-state index is -1.09. The average Bonchev–Trinajstić information content (AvgIpc) is 3.13. The Bertz CT molecular complexity index is 749.